The molecule has 0 radical (unpaired) electrons. The van der Waals surface area contributed by atoms with E-state index in [1.54, 1.807) is 23.5 Å². The minimum atomic E-state index is -0.0779. The average Bonchev–Trinajstić information content (AvgIpc) is 2.90. The summed E-state index contributed by atoms with van der Waals surface area (Å²) in [4.78, 5) is 13.1. The predicted octanol–water partition coefficient (Wildman–Crippen LogP) is 3.09. The Balaban J connectivity index is 1.84. The SMILES string of the molecule is CC(Cc1cccs1)NC(=O)/C=C/c1ccc(N)cc1. The molecule has 1 aromatic heterocycles. The van der Waals surface area contributed by atoms with Crippen LogP contribution in [0.4, 0.5) is 5.69 Å². The number of anilines is 1. The van der Waals surface area contributed by atoms with Gasteiger partial charge < -0.3 is 11.1 Å². The van der Waals surface area contributed by atoms with E-state index in [2.05, 4.69) is 11.4 Å². The standard InChI is InChI=1S/C16H18N2OS/c1-12(11-15-3-2-10-20-15)18-16(19)9-6-13-4-7-14(17)8-5-13/h2-10,12H,11,17H2,1H3,(H,18,19)/b9-6+. The Hall–Kier alpha value is -2.07. The van der Waals surface area contributed by atoms with Gasteiger partial charge >= 0.3 is 0 Å². The third-order valence-corrected chi connectivity index (χ3v) is 3.74. The predicted molar refractivity (Wildman–Crippen MR) is 85.5 cm³/mol. The van der Waals surface area contributed by atoms with Gasteiger partial charge in [-0.2, -0.15) is 0 Å². The van der Waals surface area contributed by atoms with E-state index in [0.29, 0.717) is 0 Å². The quantitative estimate of drug-likeness (QED) is 0.655. The molecule has 0 saturated heterocycles. The molecule has 2 rings (SSSR count). The fourth-order valence-electron chi connectivity index (χ4n) is 1.85. The number of thiophene rings is 1. The van der Waals surface area contributed by atoms with E-state index >= 15 is 0 Å². The summed E-state index contributed by atoms with van der Waals surface area (Å²) >= 11 is 1.71. The van der Waals surface area contributed by atoms with Crippen molar-refractivity contribution in [1.82, 2.24) is 5.32 Å². The molecule has 20 heavy (non-hydrogen) atoms. The van der Waals surface area contributed by atoms with Gasteiger partial charge in [-0.25, -0.2) is 0 Å². The van der Waals surface area contributed by atoms with Crippen molar-refractivity contribution in [3.05, 3.63) is 58.3 Å². The fourth-order valence-corrected chi connectivity index (χ4v) is 2.69. The summed E-state index contributed by atoms with van der Waals surface area (Å²) in [7, 11) is 0. The summed E-state index contributed by atoms with van der Waals surface area (Å²) in [6.45, 7) is 2.01. The van der Waals surface area contributed by atoms with Crippen molar-refractivity contribution in [3.8, 4) is 0 Å². The van der Waals surface area contributed by atoms with Gasteiger partial charge in [-0.1, -0.05) is 18.2 Å². The number of nitrogens with one attached hydrogen (secondary N) is 1. The maximum Gasteiger partial charge on any atom is 0.244 e. The van der Waals surface area contributed by atoms with Crippen molar-refractivity contribution < 1.29 is 4.79 Å². The van der Waals surface area contributed by atoms with Crippen LogP contribution in [0.1, 0.15) is 17.4 Å². The van der Waals surface area contributed by atoms with Crippen LogP contribution in [-0.4, -0.2) is 11.9 Å². The van der Waals surface area contributed by atoms with Crippen molar-refractivity contribution in [2.75, 3.05) is 5.73 Å². The molecule has 0 fully saturated rings. The molecule has 1 amide bonds. The fraction of sp³-hybridized carbons (Fsp3) is 0.188. The maximum absolute atomic E-state index is 11.8. The van der Waals surface area contributed by atoms with Crippen molar-refractivity contribution in [2.24, 2.45) is 0 Å². The molecule has 4 heteroatoms. The minimum Gasteiger partial charge on any atom is -0.399 e. The summed E-state index contributed by atoms with van der Waals surface area (Å²) in [5, 5.41) is 5.00. The zero-order chi connectivity index (χ0) is 14.4. The average molecular weight is 286 g/mol. The Morgan fingerprint density at radius 3 is 2.75 bits per heavy atom. The van der Waals surface area contributed by atoms with Crippen LogP contribution in [0, 0.1) is 0 Å². The van der Waals surface area contributed by atoms with E-state index in [9.17, 15) is 4.79 Å². The third kappa shape index (κ3) is 4.55. The first-order chi connectivity index (χ1) is 9.63. The molecule has 1 unspecified atom stereocenters. The van der Waals surface area contributed by atoms with Gasteiger partial charge in [0.15, 0.2) is 0 Å². The number of rotatable bonds is 5. The second-order valence-electron chi connectivity index (χ2n) is 4.69. The molecule has 0 aliphatic carbocycles. The second kappa shape index (κ2) is 6.91. The Kier molecular flexibility index (Phi) is 4.96. The molecular weight excluding hydrogens is 268 g/mol. The summed E-state index contributed by atoms with van der Waals surface area (Å²) in [6.07, 6.45) is 4.20. The molecule has 0 aliphatic rings. The van der Waals surface area contributed by atoms with Gasteiger partial charge in [0.2, 0.25) is 5.91 Å². The smallest absolute Gasteiger partial charge is 0.244 e. The van der Waals surface area contributed by atoms with E-state index in [1.165, 1.54) is 4.88 Å². The number of benzene rings is 1. The normalized spacial score (nSPS) is 12.4. The first-order valence-electron chi connectivity index (χ1n) is 6.50. The summed E-state index contributed by atoms with van der Waals surface area (Å²) in [6, 6.07) is 11.6. The molecule has 0 aliphatic heterocycles. The van der Waals surface area contributed by atoms with Crippen LogP contribution < -0.4 is 11.1 Å². The highest BCUT2D eigenvalue weighted by Gasteiger charge is 2.06. The van der Waals surface area contributed by atoms with E-state index in [0.717, 1.165) is 17.7 Å². The van der Waals surface area contributed by atoms with Crippen molar-refractivity contribution in [1.29, 1.82) is 0 Å². The number of hydrogen-bond acceptors (Lipinski definition) is 3. The second-order valence-corrected chi connectivity index (χ2v) is 5.73. The molecular formula is C16H18N2OS. The Bertz CT molecular complexity index is 573. The number of hydrogen-bond donors (Lipinski definition) is 2. The first kappa shape index (κ1) is 14.3. The van der Waals surface area contributed by atoms with Crippen LogP contribution in [0.5, 0.6) is 0 Å². The Morgan fingerprint density at radius 2 is 2.10 bits per heavy atom. The van der Waals surface area contributed by atoms with Gasteiger partial charge in [0, 0.05) is 29.1 Å². The lowest BCUT2D eigenvalue weighted by Crippen LogP contribution is -2.32. The maximum atomic E-state index is 11.8. The lowest BCUT2D eigenvalue weighted by Gasteiger charge is -2.10. The lowest BCUT2D eigenvalue weighted by molar-refractivity contribution is -0.117. The number of nitrogen functional groups attached to an aromatic ring is 1. The van der Waals surface area contributed by atoms with Crippen LogP contribution in [0.2, 0.25) is 0 Å². The molecule has 3 N–H and O–H groups in total. The third-order valence-electron chi connectivity index (χ3n) is 2.84. The van der Waals surface area contributed by atoms with Gasteiger partial charge in [0.1, 0.15) is 0 Å². The minimum absolute atomic E-state index is 0.0779. The van der Waals surface area contributed by atoms with Crippen LogP contribution in [0.15, 0.2) is 47.9 Å². The van der Waals surface area contributed by atoms with Gasteiger partial charge in [0.25, 0.3) is 0 Å². The monoisotopic (exact) mass is 286 g/mol. The molecule has 1 heterocycles. The van der Waals surface area contributed by atoms with E-state index < -0.39 is 0 Å². The van der Waals surface area contributed by atoms with Crippen LogP contribution in [0.3, 0.4) is 0 Å². The molecule has 2 aromatic rings. The largest absolute Gasteiger partial charge is 0.399 e. The summed E-state index contributed by atoms with van der Waals surface area (Å²) < 4.78 is 0. The molecule has 0 bridgehead atoms. The number of carbonyl (C=O) groups excluding carboxylic acids is 1. The molecule has 1 atom stereocenters. The Morgan fingerprint density at radius 1 is 1.35 bits per heavy atom. The molecule has 1 aromatic carbocycles. The van der Waals surface area contributed by atoms with Crippen molar-refractivity contribution in [3.63, 3.8) is 0 Å². The number of amides is 1. The van der Waals surface area contributed by atoms with E-state index in [-0.39, 0.29) is 11.9 Å². The van der Waals surface area contributed by atoms with Crippen LogP contribution in [-0.2, 0) is 11.2 Å². The molecule has 0 saturated carbocycles. The highest BCUT2D eigenvalue weighted by atomic mass is 32.1. The van der Waals surface area contributed by atoms with Crippen LogP contribution >= 0.6 is 11.3 Å². The highest BCUT2D eigenvalue weighted by molar-refractivity contribution is 7.09. The van der Waals surface area contributed by atoms with Gasteiger partial charge in [0.05, 0.1) is 0 Å². The molecule has 3 nitrogen and oxygen atoms in total. The lowest BCUT2D eigenvalue weighted by atomic mass is 10.2. The topological polar surface area (TPSA) is 55.1 Å². The van der Waals surface area contributed by atoms with Crippen molar-refractivity contribution in [2.45, 2.75) is 19.4 Å². The van der Waals surface area contributed by atoms with E-state index in [4.69, 9.17) is 5.73 Å². The molecule has 0 spiro atoms. The summed E-state index contributed by atoms with van der Waals surface area (Å²) in [5.74, 6) is -0.0779. The molecule has 104 valence electrons. The summed E-state index contributed by atoms with van der Waals surface area (Å²) in [5.41, 5.74) is 7.29. The zero-order valence-electron chi connectivity index (χ0n) is 11.4. The van der Waals surface area contributed by atoms with Crippen molar-refractivity contribution >= 4 is 29.0 Å². The highest BCUT2D eigenvalue weighted by Crippen LogP contribution is 2.11. The number of carbonyl (C=O) groups is 1. The van der Waals surface area contributed by atoms with Gasteiger partial charge in [-0.3, -0.25) is 4.79 Å². The Labute approximate surface area is 123 Å². The zero-order valence-corrected chi connectivity index (χ0v) is 12.2. The first-order valence-corrected chi connectivity index (χ1v) is 7.38. The van der Waals surface area contributed by atoms with Gasteiger partial charge in [-0.15, -0.1) is 11.3 Å². The van der Waals surface area contributed by atoms with E-state index in [1.807, 2.05) is 42.6 Å². The van der Waals surface area contributed by atoms with Crippen LogP contribution in [0.25, 0.3) is 6.08 Å². The van der Waals surface area contributed by atoms with Gasteiger partial charge in [-0.05, 0) is 42.1 Å². The number of nitrogens with two attached hydrogens (primary N) is 1.